The third-order valence-electron chi connectivity index (χ3n) is 3.70. The SMILES string of the molecule is Cc1ccccc1-c1ccc([N+](=O)[O-])c(Nc2ccccc2)c1. The molecule has 0 aliphatic carbocycles. The topological polar surface area (TPSA) is 55.2 Å². The van der Waals surface area contributed by atoms with E-state index < -0.39 is 0 Å². The molecule has 0 aromatic heterocycles. The molecule has 0 saturated carbocycles. The Labute approximate surface area is 134 Å². The van der Waals surface area contributed by atoms with Crippen LogP contribution in [0.3, 0.4) is 0 Å². The van der Waals surface area contributed by atoms with Crippen LogP contribution in [-0.4, -0.2) is 4.92 Å². The number of para-hydroxylation sites is 1. The lowest BCUT2D eigenvalue weighted by molar-refractivity contribution is -0.383. The van der Waals surface area contributed by atoms with Gasteiger partial charge in [-0.25, -0.2) is 0 Å². The third-order valence-corrected chi connectivity index (χ3v) is 3.70. The second kappa shape index (κ2) is 6.32. The molecule has 23 heavy (non-hydrogen) atoms. The maximum atomic E-state index is 11.3. The molecule has 0 bridgehead atoms. The van der Waals surface area contributed by atoms with Crippen LogP contribution in [0.5, 0.6) is 0 Å². The second-order valence-corrected chi connectivity index (χ2v) is 5.29. The van der Waals surface area contributed by atoms with Gasteiger partial charge in [-0.2, -0.15) is 0 Å². The van der Waals surface area contributed by atoms with Gasteiger partial charge in [0.2, 0.25) is 0 Å². The standard InChI is InChI=1S/C19H16N2O2/c1-14-7-5-6-10-17(14)15-11-12-19(21(22)23)18(13-15)20-16-8-3-2-4-9-16/h2-13,20H,1H3. The fourth-order valence-corrected chi connectivity index (χ4v) is 2.54. The Morgan fingerprint density at radius 3 is 2.30 bits per heavy atom. The van der Waals surface area contributed by atoms with Gasteiger partial charge < -0.3 is 5.32 Å². The Morgan fingerprint density at radius 2 is 1.61 bits per heavy atom. The quantitative estimate of drug-likeness (QED) is 0.524. The van der Waals surface area contributed by atoms with Crippen molar-refractivity contribution in [1.82, 2.24) is 0 Å². The van der Waals surface area contributed by atoms with Crippen LogP contribution >= 0.6 is 0 Å². The van der Waals surface area contributed by atoms with Gasteiger partial charge in [-0.1, -0.05) is 42.5 Å². The molecule has 3 aromatic carbocycles. The molecule has 0 aliphatic heterocycles. The summed E-state index contributed by atoms with van der Waals surface area (Å²) in [7, 11) is 0. The van der Waals surface area contributed by atoms with Gasteiger partial charge in [0.15, 0.2) is 0 Å². The average Bonchev–Trinajstić information content (AvgIpc) is 2.56. The number of nitro benzene ring substituents is 1. The molecule has 114 valence electrons. The van der Waals surface area contributed by atoms with E-state index in [0.717, 1.165) is 22.4 Å². The highest BCUT2D eigenvalue weighted by Gasteiger charge is 2.15. The number of aryl methyl sites for hydroxylation is 1. The van der Waals surface area contributed by atoms with E-state index in [2.05, 4.69) is 5.32 Å². The maximum absolute atomic E-state index is 11.3. The monoisotopic (exact) mass is 304 g/mol. The van der Waals surface area contributed by atoms with E-state index in [1.807, 2.05) is 67.6 Å². The van der Waals surface area contributed by atoms with E-state index in [1.54, 1.807) is 12.1 Å². The van der Waals surface area contributed by atoms with Crippen molar-refractivity contribution in [3.8, 4) is 11.1 Å². The Morgan fingerprint density at radius 1 is 0.913 bits per heavy atom. The van der Waals surface area contributed by atoms with Crippen molar-refractivity contribution >= 4 is 17.1 Å². The third kappa shape index (κ3) is 3.21. The normalized spacial score (nSPS) is 10.3. The predicted octanol–water partition coefficient (Wildman–Crippen LogP) is 5.31. The summed E-state index contributed by atoms with van der Waals surface area (Å²) in [4.78, 5) is 10.9. The number of nitro groups is 1. The molecule has 4 heteroatoms. The summed E-state index contributed by atoms with van der Waals surface area (Å²) >= 11 is 0. The Hall–Kier alpha value is -3.14. The van der Waals surface area contributed by atoms with Crippen molar-refractivity contribution in [2.75, 3.05) is 5.32 Å². The number of nitrogens with one attached hydrogen (secondary N) is 1. The van der Waals surface area contributed by atoms with Crippen LogP contribution in [0, 0.1) is 17.0 Å². The Bertz CT molecular complexity index is 845. The molecular weight excluding hydrogens is 288 g/mol. The molecule has 0 atom stereocenters. The minimum atomic E-state index is -0.368. The number of hydrogen-bond donors (Lipinski definition) is 1. The lowest BCUT2D eigenvalue weighted by Crippen LogP contribution is -1.97. The fourth-order valence-electron chi connectivity index (χ4n) is 2.54. The van der Waals surface area contributed by atoms with E-state index in [-0.39, 0.29) is 10.6 Å². The minimum Gasteiger partial charge on any atom is -0.350 e. The first-order valence-corrected chi connectivity index (χ1v) is 7.31. The molecule has 0 radical (unpaired) electrons. The largest absolute Gasteiger partial charge is 0.350 e. The zero-order valence-corrected chi connectivity index (χ0v) is 12.7. The summed E-state index contributed by atoms with van der Waals surface area (Å²) in [6.45, 7) is 2.03. The first-order chi connectivity index (χ1) is 11.1. The van der Waals surface area contributed by atoms with Crippen LogP contribution in [0.4, 0.5) is 17.1 Å². The molecule has 0 heterocycles. The van der Waals surface area contributed by atoms with Crippen LogP contribution in [0.15, 0.2) is 72.8 Å². The van der Waals surface area contributed by atoms with Crippen molar-refractivity contribution in [2.24, 2.45) is 0 Å². The summed E-state index contributed by atoms with van der Waals surface area (Å²) < 4.78 is 0. The zero-order valence-electron chi connectivity index (χ0n) is 12.7. The van der Waals surface area contributed by atoms with Gasteiger partial charge in [0.25, 0.3) is 5.69 Å². The zero-order chi connectivity index (χ0) is 16.2. The molecule has 0 saturated heterocycles. The minimum absolute atomic E-state index is 0.0613. The van der Waals surface area contributed by atoms with Gasteiger partial charge in [-0.3, -0.25) is 10.1 Å². The molecule has 0 aliphatic rings. The average molecular weight is 304 g/mol. The summed E-state index contributed by atoms with van der Waals surface area (Å²) in [5.41, 5.74) is 4.52. The smallest absolute Gasteiger partial charge is 0.292 e. The van der Waals surface area contributed by atoms with Crippen LogP contribution < -0.4 is 5.32 Å². The molecule has 3 rings (SSSR count). The van der Waals surface area contributed by atoms with E-state index in [9.17, 15) is 10.1 Å². The molecule has 0 spiro atoms. The van der Waals surface area contributed by atoms with Gasteiger partial charge in [0.1, 0.15) is 5.69 Å². The van der Waals surface area contributed by atoms with Gasteiger partial charge in [0, 0.05) is 11.8 Å². The van der Waals surface area contributed by atoms with Crippen molar-refractivity contribution in [2.45, 2.75) is 6.92 Å². The molecule has 4 nitrogen and oxygen atoms in total. The number of anilines is 2. The predicted molar refractivity (Wildman–Crippen MR) is 93.0 cm³/mol. The number of benzene rings is 3. The van der Waals surface area contributed by atoms with Gasteiger partial charge in [0.05, 0.1) is 4.92 Å². The summed E-state index contributed by atoms with van der Waals surface area (Å²) in [5.74, 6) is 0. The molecular formula is C19H16N2O2. The van der Waals surface area contributed by atoms with Crippen molar-refractivity contribution < 1.29 is 4.92 Å². The van der Waals surface area contributed by atoms with Crippen LogP contribution in [0.1, 0.15) is 5.56 Å². The van der Waals surface area contributed by atoms with Gasteiger partial charge >= 0.3 is 0 Å². The highest BCUT2D eigenvalue weighted by atomic mass is 16.6. The first kappa shape index (κ1) is 14.8. The maximum Gasteiger partial charge on any atom is 0.292 e. The fraction of sp³-hybridized carbons (Fsp3) is 0.0526. The van der Waals surface area contributed by atoms with Crippen molar-refractivity contribution in [3.05, 3.63) is 88.5 Å². The Kier molecular flexibility index (Phi) is 4.06. The lowest BCUT2D eigenvalue weighted by atomic mass is 9.99. The molecule has 0 amide bonds. The van der Waals surface area contributed by atoms with E-state index in [0.29, 0.717) is 5.69 Å². The summed E-state index contributed by atoms with van der Waals surface area (Å²) in [6, 6.07) is 22.6. The number of nitrogens with zero attached hydrogens (tertiary/aromatic N) is 1. The highest BCUT2D eigenvalue weighted by molar-refractivity contribution is 5.78. The molecule has 0 unspecified atom stereocenters. The van der Waals surface area contributed by atoms with Crippen LogP contribution in [0.2, 0.25) is 0 Å². The van der Waals surface area contributed by atoms with Crippen LogP contribution in [-0.2, 0) is 0 Å². The Balaban J connectivity index is 2.07. The summed E-state index contributed by atoms with van der Waals surface area (Å²) in [6.07, 6.45) is 0. The molecule has 3 aromatic rings. The van der Waals surface area contributed by atoms with Gasteiger partial charge in [-0.05, 0) is 47.9 Å². The second-order valence-electron chi connectivity index (χ2n) is 5.29. The van der Waals surface area contributed by atoms with Crippen molar-refractivity contribution in [1.29, 1.82) is 0 Å². The number of rotatable bonds is 4. The van der Waals surface area contributed by atoms with E-state index >= 15 is 0 Å². The molecule has 0 fully saturated rings. The first-order valence-electron chi connectivity index (χ1n) is 7.31. The van der Waals surface area contributed by atoms with Crippen LogP contribution in [0.25, 0.3) is 11.1 Å². The van der Waals surface area contributed by atoms with Gasteiger partial charge in [-0.15, -0.1) is 0 Å². The lowest BCUT2D eigenvalue weighted by Gasteiger charge is -2.11. The number of hydrogen-bond acceptors (Lipinski definition) is 3. The van der Waals surface area contributed by atoms with E-state index in [4.69, 9.17) is 0 Å². The highest BCUT2D eigenvalue weighted by Crippen LogP contribution is 2.33. The molecule has 1 N–H and O–H groups in total. The van der Waals surface area contributed by atoms with Crippen molar-refractivity contribution in [3.63, 3.8) is 0 Å². The van der Waals surface area contributed by atoms with E-state index in [1.165, 1.54) is 0 Å². The summed E-state index contributed by atoms with van der Waals surface area (Å²) in [5, 5.41) is 14.4.